The second kappa shape index (κ2) is 7.04. The summed E-state index contributed by atoms with van der Waals surface area (Å²) in [7, 11) is 0. The number of amides is 3. The summed E-state index contributed by atoms with van der Waals surface area (Å²) in [6.45, 7) is 1.81. The summed E-state index contributed by atoms with van der Waals surface area (Å²) < 4.78 is 0. The topological polar surface area (TPSA) is 104 Å². The molecule has 0 atom stereocenters. The predicted molar refractivity (Wildman–Crippen MR) is 81.0 cm³/mol. The maximum absolute atomic E-state index is 12.2. The number of nitrogens with one attached hydrogen (secondary N) is 1. The molecule has 0 fully saturated rings. The van der Waals surface area contributed by atoms with Crippen molar-refractivity contribution >= 4 is 23.7 Å². The molecule has 2 rings (SSSR count). The van der Waals surface area contributed by atoms with Gasteiger partial charge in [-0.3, -0.25) is 24.1 Å². The van der Waals surface area contributed by atoms with Gasteiger partial charge >= 0.3 is 5.97 Å². The third kappa shape index (κ3) is 3.94. The first-order valence-corrected chi connectivity index (χ1v) is 7.35. The van der Waals surface area contributed by atoms with Crippen LogP contribution in [0.3, 0.4) is 0 Å². The van der Waals surface area contributed by atoms with Crippen LogP contribution in [0.2, 0.25) is 0 Å². The average molecular weight is 318 g/mol. The van der Waals surface area contributed by atoms with Crippen molar-refractivity contribution in [1.29, 1.82) is 0 Å². The van der Waals surface area contributed by atoms with Gasteiger partial charge in [-0.05, 0) is 31.9 Å². The number of aliphatic carboxylic acids is 1. The lowest BCUT2D eigenvalue weighted by Crippen LogP contribution is -2.40. The molecule has 0 unspecified atom stereocenters. The van der Waals surface area contributed by atoms with Gasteiger partial charge in [0.05, 0.1) is 11.1 Å². The van der Waals surface area contributed by atoms with E-state index in [1.54, 1.807) is 18.2 Å². The number of fused-ring (bicyclic) bond motifs is 1. The minimum atomic E-state index is -0.877. The lowest BCUT2D eigenvalue weighted by atomic mass is 10.1. The predicted octanol–water partition coefficient (Wildman–Crippen LogP) is 0.962. The van der Waals surface area contributed by atoms with Crippen LogP contribution in [0.1, 0.15) is 45.5 Å². The summed E-state index contributed by atoms with van der Waals surface area (Å²) in [4.78, 5) is 47.5. The summed E-state index contributed by atoms with van der Waals surface area (Å²) in [6.07, 6.45) is 1.04. The molecule has 3 amide bonds. The molecular formula is C16H18N2O5. The van der Waals surface area contributed by atoms with E-state index in [1.165, 1.54) is 0 Å². The number of hydrogen-bond acceptors (Lipinski definition) is 4. The number of carboxylic acid groups (broad SMARTS) is 1. The SMILES string of the molecule is Cc1ccc2c(c1)C(=O)N(CC(=O)NCCCCC(=O)O)C2=O. The van der Waals surface area contributed by atoms with E-state index in [-0.39, 0.29) is 13.0 Å². The summed E-state index contributed by atoms with van der Waals surface area (Å²) in [5.74, 6) is -2.25. The molecule has 0 radical (unpaired) electrons. The highest BCUT2D eigenvalue weighted by Crippen LogP contribution is 2.23. The van der Waals surface area contributed by atoms with Crippen LogP contribution in [0, 0.1) is 6.92 Å². The van der Waals surface area contributed by atoms with Crippen molar-refractivity contribution in [1.82, 2.24) is 10.2 Å². The summed E-state index contributed by atoms with van der Waals surface area (Å²) in [5.41, 5.74) is 1.51. The Bertz CT molecular complexity index is 668. The van der Waals surface area contributed by atoms with Crippen LogP contribution in [0.15, 0.2) is 18.2 Å². The maximum Gasteiger partial charge on any atom is 0.303 e. The van der Waals surface area contributed by atoms with E-state index in [0.29, 0.717) is 30.5 Å². The van der Waals surface area contributed by atoms with Gasteiger partial charge in [0.15, 0.2) is 0 Å². The van der Waals surface area contributed by atoms with E-state index in [1.807, 2.05) is 6.92 Å². The van der Waals surface area contributed by atoms with Gasteiger partial charge in [-0.25, -0.2) is 0 Å². The largest absolute Gasteiger partial charge is 0.481 e. The molecular weight excluding hydrogens is 300 g/mol. The Hall–Kier alpha value is -2.70. The van der Waals surface area contributed by atoms with E-state index >= 15 is 0 Å². The first kappa shape index (κ1) is 16.7. The molecule has 122 valence electrons. The van der Waals surface area contributed by atoms with Gasteiger partial charge in [0.1, 0.15) is 6.54 Å². The highest BCUT2D eigenvalue weighted by atomic mass is 16.4. The quantitative estimate of drug-likeness (QED) is 0.576. The zero-order valence-electron chi connectivity index (χ0n) is 12.8. The fraction of sp³-hybridized carbons (Fsp3) is 0.375. The van der Waals surface area contributed by atoms with Gasteiger partial charge in [0, 0.05) is 13.0 Å². The van der Waals surface area contributed by atoms with Crippen LogP contribution in [0.4, 0.5) is 0 Å². The smallest absolute Gasteiger partial charge is 0.303 e. The lowest BCUT2D eigenvalue weighted by molar-refractivity contribution is -0.137. The van der Waals surface area contributed by atoms with Crippen LogP contribution in [0.25, 0.3) is 0 Å². The monoisotopic (exact) mass is 318 g/mol. The molecule has 0 saturated heterocycles. The second-order valence-corrected chi connectivity index (χ2v) is 5.45. The molecule has 1 aliphatic heterocycles. The van der Waals surface area contributed by atoms with Gasteiger partial charge in [-0.2, -0.15) is 0 Å². The van der Waals surface area contributed by atoms with Crippen molar-refractivity contribution in [2.24, 2.45) is 0 Å². The van der Waals surface area contributed by atoms with Crippen LogP contribution in [-0.2, 0) is 9.59 Å². The van der Waals surface area contributed by atoms with Crippen LogP contribution < -0.4 is 5.32 Å². The number of hydrogen-bond donors (Lipinski definition) is 2. The van der Waals surface area contributed by atoms with Gasteiger partial charge in [-0.1, -0.05) is 11.6 Å². The van der Waals surface area contributed by atoms with E-state index < -0.39 is 23.7 Å². The Morgan fingerprint density at radius 2 is 1.83 bits per heavy atom. The maximum atomic E-state index is 12.2. The van der Waals surface area contributed by atoms with Crippen molar-refractivity contribution in [3.63, 3.8) is 0 Å². The third-order valence-electron chi connectivity index (χ3n) is 3.57. The molecule has 0 aliphatic carbocycles. The van der Waals surface area contributed by atoms with Crippen molar-refractivity contribution in [3.8, 4) is 0 Å². The highest BCUT2D eigenvalue weighted by Gasteiger charge is 2.36. The molecule has 0 bridgehead atoms. The molecule has 1 aliphatic rings. The number of benzene rings is 1. The van der Waals surface area contributed by atoms with Crippen molar-refractivity contribution < 1.29 is 24.3 Å². The number of rotatable bonds is 7. The molecule has 7 nitrogen and oxygen atoms in total. The zero-order valence-corrected chi connectivity index (χ0v) is 12.8. The number of carbonyl (C=O) groups is 4. The zero-order chi connectivity index (χ0) is 17.0. The molecule has 1 aromatic carbocycles. The number of carboxylic acids is 1. The van der Waals surface area contributed by atoms with E-state index in [4.69, 9.17) is 5.11 Å². The first-order valence-electron chi connectivity index (χ1n) is 7.35. The molecule has 23 heavy (non-hydrogen) atoms. The number of carbonyl (C=O) groups excluding carboxylic acids is 3. The molecule has 0 spiro atoms. The Balaban J connectivity index is 1.87. The molecule has 2 N–H and O–H groups in total. The fourth-order valence-electron chi connectivity index (χ4n) is 2.38. The van der Waals surface area contributed by atoms with Crippen molar-refractivity contribution in [3.05, 3.63) is 34.9 Å². The molecule has 7 heteroatoms. The molecule has 0 aromatic heterocycles. The molecule has 1 aromatic rings. The minimum Gasteiger partial charge on any atom is -0.481 e. The van der Waals surface area contributed by atoms with Gasteiger partial charge in [-0.15, -0.1) is 0 Å². The Morgan fingerprint density at radius 1 is 1.13 bits per heavy atom. The van der Waals surface area contributed by atoms with E-state index in [9.17, 15) is 19.2 Å². The molecule has 0 saturated carbocycles. The van der Waals surface area contributed by atoms with Crippen molar-refractivity contribution in [2.45, 2.75) is 26.2 Å². The standard InChI is InChI=1S/C16H18N2O5/c1-10-5-6-11-12(8-10)16(23)18(15(11)22)9-13(19)17-7-3-2-4-14(20)21/h5-6,8H,2-4,7,9H2,1H3,(H,17,19)(H,20,21). The van der Waals surface area contributed by atoms with Crippen LogP contribution >= 0.6 is 0 Å². The lowest BCUT2D eigenvalue weighted by Gasteiger charge is -2.13. The second-order valence-electron chi connectivity index (χ2n) is 5.45. The summed E-state index contributed by atoms with van der Waals surface area (Å²) in [5, 5.41) is 11.1. The van der Waals surface area contributed by atoms with Crippen molar-refractivity contribution in [2.75, 3.05) is 13.1 Å². The van der Waals surface area contributed by atoms with Gasteiger partial charge < -0.3 is 10.4 Å². The normalized spacial score (nSPS) is 13.2. The Kier molecular flexibility index (Phi) is 5.10. The Labute approximate surface area is 133 Å². The number of aryl methyl sites for hydroxylation is 1. The number of unbranched alkanes of at least 4 members (excludes halogenated alkanes) is 1. The van der Waals surface area contributed by atoms with Crippen LogP contribution in [-0.4, -0.2) is 46.8 Å². The highest BCUT2D eigenvalue weighted by molar-refractivity contribution is 6.22. The molecule has 1 heterocycles. The summed E-state index contributed by atoms with van der Waals surface area (Å²) >= 11 is 0. The number of imide groups is 1. The van der Waals surface area contributed by atoms with Gasteiger partial charge in [0.25, 0.3) is 11.8 Å². The first-order chi connectivity index (χ1) is 10.9. The number of nitrogens with zero attached hydrogens (tertiary/aromatic N) is 1. The van der Waals surface area contributed by atoms with Crippen LogP contribution in [0.5, 0.6) is 0 Å². The van der Waals surface area contributed by atoms with E-state index in [0.717, 1.165) is 10.5 Å². The summed E-state index contributed by atoms with van der Waals surface area (Å²) in [6, 6.07) is 4.98. The third-order valence-corrected chi connectivity index (χ3v) is 3.57. The van der Waals surface area contributed by atoms with Gasteiger partial charge in [0.2, 0.25) is 5.91 Å². The fourth-order valence-corrected chi connectivity index (χ4v) is 2.38. The van der Waals surface area contributed by atoms with E-state index in [2.05, 4.69) is 5.32 Å². The average Bonchev–Trinajstić information content (AvgIpc) is 2.71. The minimum absolute atomic E-state index is 0.0492. The Morgan fingerprint density at radius 3 is 2.52 bits per heavy atom.